The van der Waals surface area contributed by atoms with Crippen molar-refractivity contribution in [1.82, 2.24) is 14.9 Å². The Morgan fingerprint density at radius 1 is 1.19 bits per heavy atom. The number of hydrogen-bond donors (Lipinski definition) is 1. The van der Waals surface area contributed by atoms with Crippen molar-refractivity contribution >= 4 is 18.4 Å². The maximum atomic E-state index is 14.1. The predicted molar refractivity (Wildman–Crippen MR) is 107 cm³/mol. The summed E-state index contributed by atoms with van der Waals surface area (Å²) < 4.78 is 21.5. The number of aromatic amines is 1. The first-order chi connectivity index (χ1) is 13.2. The van der Waals surface area contributed by atoms with Crippen LogP contribution in [0, 0.1) is 10.6 Å². The summed E-state index contributed by atoms with van der Waals surface area (Å²) in [6.45, 7) is 2.88. The van der Waals surface area contributed by atoms with Crippen LogP contribution in [0.1, 0.15) is 31.7 Å². The number of rotatable bonds is 8. The molecule has 27 heavy (non-hydrogen) atoms. The summed E-state index contributed by atoms with van der Waals surface area (Å²) in [4.78, 5) is 0. The number of nitrogens with zero attached hydrogens (tertiary/aromatic N) is 3. The number of unbranched alkanes of at least 4 members (excludes halogenated alkanes) is 2. The lowest BCUT2D eigenvalue weighted by Crippen LogP contribution is -1.98. The smallest absolute Gasteiger partial charge is 0.216 e. The Bertz CT molecular complexity index is 963. The van der Waals surface area contributed by atoms with Crippen molar-refractivity contribution < 1.29 is 9.13 Å². The van der Waals surface area contributed by atoms with Gasteiger partial charge in [-0.2, -0.15) is 14.9 Å². The molecule has 0 saturated heterocycles. The Labute approximate surface area is 162 Å². The number of hydrogen-bond acceptors (Lipinski definition) is 4. The average molecular weight is 384 g/mol. The van der Waals surface area contributed by atoms with Gasteiger partial charge in [0.15, 0.2) is 5.82 Å². The van der Waals surface area contributed by atoms with E-state index < -0.39 is 0 Å². The Morgan fingerprint density at radius 2 is 1.96 bits per heavy atom. The van der Waals surface area contributed by atoms with Gasteiger partial charge in [-0.3, -0.25) is 0 Å². The third-order valence-electron chi connectivity index (χ3n) is 3.98. The summed E-state index contributed by atoms with van der Waals surface area (Å²) in [6, 6.07) is 14.0. The summed E-state index contributed by atoms with van der Waals surface area (Å²) in [6.07, 6.45) is 5.04. The molecule has 0 bridgehead atoms. The van der Waals surface area contributed by atoms with Crippen LogP contribution in [0.25, 0.3) is 11.4 Å². The third kappa shape index (κ3) is 4.89. The highest BCUT2D eigenvalue weighted by atomic mass is 32.1. The summed E-state index contributed by atoms with van der Waals surface area (Å²) in [7, 11) is 0. The van der Waals surface area contributed by atoms with E-state index in [1.807, 2.05) is 24.3 Å². The summed E-state index contributed by atoms with van der Waals surface area (Å²) in [5, 5.41) is 11.1. The first-order valence-corrected chi connectivity index (χ1v) is 9.29. The zero-order chi connectivity index (χ0) is 19.1. The van der Waals surface area contributed by atoms with Gasteiger partial charge in [0.2, 0.25) is 4.77 Å². The molecule has 0 aliphatic rings. The van der Waals surface area contributed by atoms with E-state index >= 15 is 0 Å². The molecule has 7 heteroatoms. The average Bonchev–Trinajstić information content (AvgIpc) is 3.05. The maximum absolute atomic E-state index is 14.1. The number of aromatic nitrogens is 3. The first-order valence-electron chi connectivity index (χ1n) is 8.88. The van der Waals surface area contributed by atoms with E-state index in [2.05, 4.69) is 22.2 Å². The van der Waals surface area contributed by atoms with Gasteiger partial charge in [-0.15, -0.1) is 0 Å². The van der Waals surface area contributed by atoms with Crippen LogP contribution in [0.3, 0.4) is 0 Å². The lowest BCUT2D eigenvalue weighted by atomic mass is 10.2. The minimum Gasteiger partial charge on any atom is -0.494 e. The van der Waals surface area contributed by atoms with Crippen LogP contribution >= 0.6 is 12.2 Å². The monoisotopic (exact) mass is 384 g/mol. The number of halogens is 1. The second-order valence-corrected chi connectivity index (χ2v) is 6.40. The Hall–Kier alpha value is -2.80. The molecule has 0 fully saturated rings. The molecular formula is C20H21FN4OS. The van der Waals surface area contributed by atoms with E-state index in [0.717, 1.165) is 24.3 Å². The van der Waals surface area contributed by atoms with Crippen LogP contribution in [0.5, 0.6) is 5.75 Å². The van der Waals surface area contributed by atoms with Crippen molar-refractivity contribution in [2.24, 2.45) is 5.10 Å². The molecule has 5 nitrogen and oxygen atoms in total. The second-order valence-electron chi connectivity index (χ2n) is 6.01. The molecule has 0 aliphatic heterocycles. The van der Waals surface area contributed by atoms with Crippen molar-refractivity contribution in [2.75, 3.05) is 6.61 Å². The molecule has 0 saturated carbocycles. The molecule has 0 amide bonds. The molecule has 3 aromatic rings. The van der Waals surface area contributed by atoms with Crippen LogP contribution in [0.4, 0.5) is 4.39 Å². The second kappa shape index (κ2) is 9.23. The lowest BCUT2D eigenvalue weighted by molar-refractivity contribution is 0.306. The molecule has 3 rings (SSSR count). The molecule has 1 N–H and O–H groups in total. The zero-order valence-electron chi connectivity index (χ0n) is 15.1. The first kappa shape index (κ1) is 19.0. The van der Waals surface area contributed by atoms with Gasteiger partial charge in [0.1, 0.15) is 11.6 Å². The van der Waals surface area contributed by atoms with Crippen molar-refractivity contribution in [3.63, 3.8) is 0 Å². The topological polar surface area (TPSA) is 55.2 Å². The van der Waals surface area contributed by atoms with E-state index in [9.17, 15) is 4.39 Å². The number of nitrogens with one attached hydrogen (secondary N) is 1. The molecule has 140 valence electrons. The van der Waals surface area contributed by atoms with Crippen LogP contribution in [-0.4, -0.2) is 27.7 Å². The van der Waals surface area contributed by atoms with E-state index in [-0.39, 0.29) is 5.82 Å². The number of benzene rings is 2. The molecule has 2 aromatic carbocycles. The van der Waals surface area contributed by atoms with Crippen LogP contribution in [0.15, 0.2) is 53.6 Å². The van der Waals surface area contributed by atoms with Crippen LogP contribution < -0.4 is 4.74 Å². The van der Waals surface area contributed by atoms with Gasteiger partial charge in [-0.25, -0.2) is 9.49 Å². The maximum Gasteiger partial charge on any atom is 0.216 e. The van der Waals surface area contributed by atoms with E-state index in [1.165, 1.54) is 23.6 Å². The van der Waals surface area contributed by atoms with Crippen LogP contribution in [-0.2, 0) is 0 Å². The molecule has 0 spiro atoms. The van der Waals surface area contributed by atoms with Crippen molar-refractivity contribution in [1.29, 1.82) is 0 Å². The minimum absolute atomic E-state index is 0.292. The number of H-pyrrole nitrogens is 1. The molecule has 0 unspecified atom stereocenters. The SMILES string of the molecule is CCCCCOc1ccc(C=Nn2c(-c3ccccc3F)n[nH]c2=S)cc1. The zero-order valence-corrected chi connectivity index (χ0v) is 15.9. The van der Waals surface area contributed by atoms with Gasteiger partial charge in [0.25, 0.3) is 0 Å². The fraction of sp³-hybridized carbons (Fsp3) is 0.250. The van der Waals surface area contributed by atoms with Gasteiger partial charge in [-0.1, -0.05) is 31.9 Å². The molecule has 1 aromatic heterocycles. The van der Waals surface area contributed by atoms with Crippen molar-refractivity contribution in [3.8, 4) is 17.1 Å². The highest BCUT2D eigenvalue weighted by Crippen LogP contribution is 2.20. The van der Waals surface area contributed by atoms with Gasteiger partial charge in [0, 0.05) is 0 Å². The van der Waals surface area contributed by atoms with Crippen molar-refractivity contribution in [2.45, 2.75) is 26.2 Å². The fourth-order valence-corrected chi connectivity index (χ4v) is 2.71. The van der Waals surface area contributed by atoms with E-state index in [1.54, 1.807) is 24.4 Å². The van der Waals surface area contributed by atoms with Gasteiger partial charge < -0.3 is 4.74 Å². The molecule has 0 radical (unpaired) electrons. The third-order valence-corrected chi connectivity index (χ3v) is 4.25. The number of ether oxygens (including phenoxy) is 1. The minimum atomic E-state index is -0.382. The van der Waals surface area contributed by atoms with E-state index in [0.29, 0.717) is 16.2 Å². The van der Waals surface area contributed by atoms with Crippen LogP contribution in [0.2, 0.25) is 0 Å². The highest BCUT2D eigenvalue weighted by Gasteiger charge is 2.12. The lowest BCUT2D eigenvalue weighted by Gasteiger charge is -2.05. The summed E-state index contributed by atoms with van der Waals surface area (Å²) in [5.74, 6) is 0.771. The Kier molecular flexibility index (Phi) is 6.49. The standard InChI is InChI=1S/C20H21FN4OS/c1-2-3-6-13-26-16-11-9-15(10-12-16)14-22-25-19(23-24-20(25)27)17-7-4-5-8-18(17)21/h4-5,7-12,14H,2-3,6,13H2,1H3,(H,24,27). The summed E-state index contributed by atoms with van der Waals surface area (Å²) in [5.41, 5.74) is 1.20. The predicted octanol–water partition coefficient (Wildman–Crippen LogP) is 5.20. The quantitative estimate of drug-likeness (QED) is 0.330. The van der Waals surface area contributed by atoms with Gasteiger partial charge >= 0.3 is 0 Å². The Morgan fingerprint density at radius 3 is 2.70 bits per heavy atom. The Balaban J connectivity index is 1.74. The molecular weight excluding hydrogens is 363 g/mol. The molecule has 1 heterocycles. The highest BCUT2D eigenvalue weighted by molar-refractivity contribution is 7.71. The van der Waals surface area contributed by atoms with Gasteiger partial charge in [0.05, 0.1) is 18.4 Å². The van der Waals surface area contributed by atoms with E-state index in [4.69, 9.17) is 17.0 Å². The van der Waals surface area contributed by atoms with Gasteiger partial charge in [-0.05, 0) is 60.6 Å². The molecule has 0 atom stereocenters. The largest absolute Gasteiger partial charge is 0.494 e. The fourth-order valence-electron chi connectivity index (χ4n) is 2.53. The normalized spacial score (nSPS) is 11.2. The van der Waals surface area contributed by atoms with Crippen molar-refractivity contribution in [3.05, 3.63) is 64.7 Å². The summed E-state index contributed by atoms with van der Waals surface area (Å²) >= 11 is 5.21. The molecule has 0 aliphatic carbocycles.